The first-order chi connectivity index (χ1) is 34.0. The van der Waals surface area contributed by atoms with E-state index in [4.69, 9.17) is 27.9 Å². The van der Waals surface area contributed by atoms with Crippen LogP contribution >= 0.6 is 23.2 Å². The van der Waals surface area contributed by atoms with Crippen LogP contribution in [0, 0.1) is 23.3 Å². The number of rotatable bonds is 6. The molecule has 372 valence electrons. The largest absolute Gasteiger partial charge is 0.493 e. The topological polar surface area (TPSA) is 138 Å². The monoisotopic (exact) mass is 1040 g/mol. The molecule has 10 nitrogen and oxygen atoms in total. The van der Waals surface area contributed by atoms with E-state index in [9.17, 15) is 63.1 Å². The lowest BCUT2D eigenvalue weighted by molar-refractivity contribution is -0.138. The Hall–Kier alpha value is -7.32. The molecule has 5 N–H and O–H groups in total. The number of anilines is 3. The molecule has 0 bridgehead atoms. The van der Waals surface area contributed by atoms with Crippen molar-refractivity contribution in [2.45, 2.75) is 50.1 Å². The van der Waals surface area contributed by atoms with Crippen LogP contribution in [0.15, 0.2) is 84.9 Å². The zero-order chi connectivity index (χ0) is 51.6. The van der Waals surface area contributed by atoms with Crippen molar-refractivity contribution in [1.29, 1.82) is 0 Å². The number of nitrogens with one attached hydrogen (secondary N) is 5. The van der Waals surface area contributed by atoms with Gasteiger partial charge in [0.2, 0.25) is 0 Å². The highest BCUT2D eigenvalue weighted by atomic mass is 35.5. The number of halogens is 12. The zero-order valence-electron chi connectivity index (χ0n) is 36.6. The number of hydrogen-bond acceptors (Lipinski definition) is 6. The molecule has 10 rings (SSSR count). The lowest BCUT2D eigenvalue weighted by Crippen LogP contribution is -2.21. The van der Waals surface area contributed by atoms with Crippen LogP contribution < -0.4 is 31.3 Å². The fourth-order valence-corrected chi connectivity index (χ4v) is 9.60. The SMILES string of the molecule is O=C(Nc1cc2c(c3c1C(c1cc(F)ccc1Cl)NC3=O)CCCN2)c1cc(F)cc(C(F)(F)F)c1.O=C(Nc1cc2c(c3c1C(c1cc(F)ccc1Cl)NC3=O)CCCO2)c1cc(F)cc(C(F)(F)F)c1. The number of fused-ring (bicyclic) bond motifs is 6. The first-order valence-electron chi connectivity index (χ1n) is 21.7. The molecule has 4 aliphatic heterocycles. The molecule has 2 atom stereocenters. The van der Waals surface area contributed by atoms with Crippen molar-refractivity contribution in [3.05, 3.63) is 185 Å². The Kier molecular flexibility index (Phi) is 13.1. The third-order valence-corrected chi connectivity index (χ3v) is 12.9. The van der Waals surface area contributed by atoms with E-state index in [1.807, 2.05) is 0 Å². The predicted octanol–water partition coefficient (Wildman–Crippen LogP) is 12.1. The summed E-state index contributed by atoms with van der Waals surface area (Å²) in [4.78, 5) is 52.1. The number of alkyl halides is 6. The minimum atomic E-state index is -4.87. The molecule has 6 aromatic rings. The van der Waals surface area contributed by atoms with E-state index in [0.717, 1.165) is 30.7 Å². The lowest BCUT2D eigenvalue weighted by atomic mass is 9.89. The zero-order valence-corrected chi connectivity index (χ0v) is 38.1. The van der Waals surface area contributed by atoms with Crippen LogP contribution in [0.5, 0.6) is 5.75 Å². The molecule has 4 heterocycles. The van der Waals surface area contributed by atoms with Crippen LogP contribution in [0.2, 0.25) is 10.0 Å². The van der Waals surface area contributed by atoms with Crippen LogP contribution in [-0.4, -0.2) is 36.8 Å². The Balaban J connectivity index is 0.000000178. The molecule has 4 amide bonds. The minimum absolute atomic E-state index is 0.0390. The molecule has 4 aliphatic rings. The van der Waals surface area contributed by atoms with E-state index >= 15 is 0 Å². The van der Waals surface area contributed by atoms with Gasteiger partial charge in [0.25, 0.3) is 23.6 Å². The molecular weight excluding hydrogens is 1010 g/mol. The van der Waals surface area contributed by atoms with Gasteiger partial charge in [0.05, 0.1) is 46.6 Å². The van der Waals surface area contributed by atoms with Gasteiger partial charge in [0.15, 0.2) is 0 Å². The maximum atomic E-state index is 14.1. The van der Waals surface area contributed by atoms with Gasteiger partial charge in [-0.15, -0.1) is 0 Å². The number of carbonyl (C=O) groups is 4. The maximum absolute atomic E-state index is 14.1. The van der Waals surface area contributed by atoms with Crippen LogP contribution in [0.3, 0.4) is 0 Å². The molecule has 0 spiro atoms. The molecule has 22 heteroatoms. The molecule has 0 saturated carbocycles. The van der Waals surface area contributed by atoms with Gasteiger partial charge in [-0.3, -0.25) is 19.2 Å². The molecule has 72 heavy (non-hydrogen) atoms. The number of ether oxygens (including phenoxy) is 1. The van der Waals surface area contributed by atoms with E-state index in [0.29, 0.717) is 90.9 Å². The molecule has 0 saturated heterocycles. The molecule has 0 radical (unpaired) electrons. The normalized spacial score (nSPS) is 16.6. The van der Waals surface area contributed by atoms with Gasteiger partial charge in [0, 0.05) is 73.0 Å². The molecule has 6 aromatic carbocycles. The summed E-state index contributed by atoms with van der Waals surface area (Å²) in [6.07, 6.45) is -7.28. The number of benzene rings is 6. The molecule has 0 aromatic heterocycles. The van der Waals surface area contributed by atoms with Crippen LogP contribution in [0.1, 0.15) is 111 Å². The second-order valence-electron chi connectivity index (χ2n) is 16.9. The summed E-state index contributed by atoms with van der Waals surface area (Å²) in [7, 11) is 0. The van der Waals surface area contributed by atoms with Crippen molar-refractivity contribution >= 4 is 63.9 Å². The van der Waals surface area contributed by atoms with Crippen molar-refractivity contribution in [1.82, 2.24) is 10.6 Å². The number of carbonyl (C=O) groups excluding carboxylic acids is 4. The second-order valence-corrected chi connectivity index (χ2v) is 17.7. The van der Waals surface area contributed by atoms with Crippen molar-refractivity contribution in [3.63, 3.8) is 0 Å². The number of hydrogen-bond donors (Lipinski definition) is 5. The second kappa shape index (κ2) is 19.0. The van der Waals surface area contributed by atoms with Crippen LogP contribution in [-0.2, 0) is 25.2 Å². The third-order valence-electron chi connectivity index (χ3n) is 12.2. The lowest BCUT2D eigenvalue weighted by Gasteiger charge is -2.24. The fraction of sp³-hybridized carbons (Fsp3) is 0.200. The average molecular weight is 1040 g/mol. The Morgan fingerprint density at radius 2 is 1.06 bits per heavy atom. The highest BCUT2D eigenvalue weighted by Gasteiger charge is 2.41. The minimum Gasteiger partial charge on any atom is -0.493 e. The van der Waals surface area contributed by atoms with Gasteiger partial charge >= 0.3 is 12.4 Å². The summed E-state index contributed by atoms with van der Waals surface area (Å²) in [5.74, 6) is -6.36. The third kappa shape index (κ3) is 9.71. The Morgan fingerprint density at radius 3 is 1.56 bits per heavy atom. The summed E-state index contributed by atoms with van der Waals surface area (Å²) in [6, 6.07) is 11.4. The van der Waals surface area contributed by atoms with E-state index in [1.54, 1.807) is 6.07 Å². The first-order valence-corrected chi connectivity index (χ1v) is 22.5. The van der Waals surface area contributed by atoms with Gasteiger partial charge in [-0.25, -0.2) is 17.6 Å². The van der Waals surface area contributed by atoms with Gasteiger partial charge < -0.3 is 31.3 Å². The van der Waals surface area contributed by atoms with E-state index < -0.39 is 93.6 Å². The van der Waals surface area contributed by atoms with E-state index in [2.05, 4.69) is 26.6 Å². The summed E-state index contributed by atoms with van der Waals surface area (Å²) in [5.41, 5.74) is -0.251. The van der Waals surface area contributed by atoms with E-state index in [1.165, 1.54) is 18.2 Å². The Labute approximate surface area is 411 Å². The predicted molar refractivity (Wildman–Crippen MR) is 244 cm³/mol. The highest BCUT2D eigenvalue weighted by Crippen LogP contribution is 2.47. The van der Waals surface area contributed by atoms with Gasteiger partial charge in [-0.05, 0) is 110 Å². The summed E-state index contributed by atoms with van der Waals surface area (Å²) >= 11 is 12.6. The molecule has 0 aliphatic carbocycles. The fourth-order valence-electron chi connectivity index (χ4n) is 9.14. The number of amides is 4. The molecular formula is C50H33Cl2F10N5O5. The summed E-state index contributed by atoms with van der Waals surface area (Å²) in [6.45, 7) is 0.970. The van der Waals surface area contributed by atoms with Gasteiger partial charge in [-0.2, -0.15) is 26.3 Å². The summed E-state index contributed by atoms with van der Waals surface area (Å²) in [5, 5.41) is 14.0. The first kappa shape index (κ1) is 49.7. The van der Waals surface area contributed by atoms with Crippen molar-refractivity contribution in [3.8, 4) is 5.75 Å². The smallest absolute Gasteiger partial charge is 0.416 e. The Bertz CT molecular complexity index is 3060. The molecule has 2 unspecified atom stereocenters. The quantitative estimate of drug-likeness (QED) is 0.105. The standard InChI is InChI=1S/C25H17ClF5N3O2.C25H16ClF5N2O3/c26-17-4-3-13(27)9-16(17)22-21-19(10-18-15(2-1-5-32-18)20(21)24(36)34-22)33-23(35)11-6-12(25(29,30)31)8-14(28)7-11;26-17-4-3-13(27)9-16(17)22-21-18(10-19-15(2-1-5-36-19)20(21)24(35)33-22)32-23(34)11-6-12(25(29,30)31)8-14(28)7-11/h3-4,6-10,22,32H,1-2,5H2,(H,33,35)(H,34,36);3-4,6-10,22H,1-2,5H2,(H,32,34)(H,33,35). The van der Waals surface area contributed by atoms with Crippen molar-refractivity contribution in [2.24, 2.45) is 0 Å². The van der Waals surface area contributed by atoms with Gasteiger partial charge in [0.1, 0.15) is 29.0 Å². The molecule has 0 fully saturated rings. The highest BCUT2D eigenvalue weighted by molar-refractivity contribution is 6.32. The van der Waals surface area contributed by atoms with Gasteiger partial charge in [-0.1, -0.05) is 23.2 Å². The maximum Gasteiger partial charge on any atom is 0.416 e. The van der Waals surface area contributed by atoms with Crippen LogP contribution in [0.4, 0.5) is 61.0 Å². The van der Waals surface area contributed by atoms with Crippen molar-refractivity contribution in [2.75, 3.05) is 29.1 Å². The summed E-state index contributed by atoms with van der Waals surface area (Å²) < 4.78 is 141. The van der Waals surface area contributed by atoms with E-state index in [-0.39, 0.29) is 55.3 Å². The van der Waals surface area contributed by atoms with Crippen LogP contribution in [0.25, 0.3) is 0 Å². The van der Waals surface area contributed by atoms with Crippen molar-refractivity contribution < 1.29 is 67.8 Å². The average Bonchev–Trinajstić information content (AvgIpc) is 3.87. The Morgan fingerprint density at radius 1 is 0.583 bits per heavy atom.